The van der Waals surface area contributed by atoms with Crippen LogP contribution in [0.1, 0.15) is 121 Å². The molecule has 22 heteroatoms. The van der Waals surface area contributed by atoms with Crippen LogP contribution < -0.4 is 30.9 Å². The molecule has 2 aromatic carbocycles. The van der Waals surface area contributed by atoms with Crippen molar-refractivity contribution in [3.63, 3.8) is 0 Å². The van der Waals surface area contributed by atoms with Gasteiger partial charge in [-0.3, -0.25) is 43.2 Å². The number of amides is 4. The summed E-state index contributed by atoms with van der Waals surface area (Å²) in [6, 6.07) is 14.8. The van der Waals surface area contributed by atoms with E-state index in [1.807, 2.05) is 30.3 Å². The molecule has 21 nitrogen and oxygen atoms in total. The number of benzene rings is 2. The zero-order valence-electron chi connectivity index (χ0n) is 46.1. The Kier molecular flexibility index (Phi) is 14.3. The standard InChI is InChI=1S/C58H70N11O10P/c1-8-50(71)61-45-27-37(60-51-56(75)63(7)32-46(62-51)41-15-19-59-52(44(41)33-70)68-24-23-67-48(55(68)74)26-36-29-57(4,5)30-49(36)67)9-12-47(45)66-22-21-64(31-35(66)3)39-16-20-65(34(2)25-39)40-10-11-42-43(28-40)54(73)69(53(42)72)38-13-17-58(6,18-14-38)79-80(76,77)78/h8-12,15,19,26-28,32,34-35,38-39,70H,1,13-14,16-18,20-25,29-31,33H2,2-7H3,(H,60,62)(H,61,71)(H2,76,77,78)/t34-,35+,38?,39?,58?/m1/s1. The lowest BCUT2D eigenvalue weighted by Crippen LogP contribution is -2.58. The number of fused-ring (bicyclic) bond motifs is 4. The number of nitrogens with one attached hydrogen (secondary N) is 2. The molecule has 5 aromatic rings. The average molecular weight is 1110 g/mol. The van der Waals surface area contributed by atoms with E-state index in [2.05, 4.69) is 69.2 Å². The highest BCUT2D eigenvalue weighted by Gasteiger charge is 2.46. The van der Waals surface area contributed by atoms with E-state index in [4.69, 9.17) is 9.51 Å². The normalized spacial score (nSPS) is 24.0. The second-order valence-corrected chi connectivity index (χ2v) is 24.8. The minimum Gasteiger partial charge on any atom is -0.392 e. The Morgan fingerprint density at radius 1 is 0.863 bits per heavy atom. The Labute approximate surface area is 464 Å². The van der Waals surface area contributed by atoms with Crippen LogP contribution in [-0.4, -0.2) is 130 Å². The number of phosphoric ester groups is 1. The van der Waals surface area contributed by atoms with Crippen LogP contribution in [0.15, 0.2) is 78.4 Å². The predicted molar refractivity (Wildman–Crippen MR) is 303 cm³/mol. The lowest BCUT2D eigenvalue weighted by molar-refractivity contribution is -0.111. The molecule has 2 saturated heterocycles. The van der Waals surface area contributed by atoms with Crippen LogP contribution in [0, 0.1) is 5.41 Å². The second-order valence-electron chi connectivity index (χ2n) is 23.6. The molecule has 5 N–H and O–H groups in total. The molecular formula is C58H70N11O10P. The number of hydrogen-bond donors (Lipinski definition) is 5. The lowest BCUT2D eigenvalue weighted by atomic mass is 9.83. The fourth-order valence-corrected chi connectivity index (χ4v) is 14.2. The molecule has 1 unspecified atom stereocenters. The molecule has 80 heavy (non-hydrogen) atoms. The molecule has 6 aliphatic rings. The second kappa shape index (κ2) is 20.8. The zero-order chi connectivity index (χ0) is 56.7. The van der Waals surface area contributed by atoms with Gasteiger partial charge in [0, 0.05) is 111 Å². The van der Waals surface area contributed by atoms with Gasteiger partial charge in [-0.05, 0) is 138 Å². The third-order valence-corrected chi connectivity index (χ3v) is 18.1. The van der Waals surface area contributed by atoms with E-state index in [0.29, 0.717) is 102 Å². The van der Waals surface area contributed by atoms with Gasteiger partial charge < -0.3 is 44.5 Å². The van der Waals surface area contributed by atoms with E-state index in [0.717, 1.165) is 56.7 Å². The quantitative estimate of drug-likeness (QED) is 0.0464. The number of aryl methyl sites for hydroxylation is 1. The van der Waals surface area contributed by atoms with Crippen LogP contribution in [0.25, 0.3) is 11.3 Å². The van der Waals surface area contributed by atoms with E-state index < -0.39 is 37.5 Å². The number of pyridine rings is 1. The highest BCUT2D eigenvalue weighted by molar-refractivity contribution is 7.46. The SMILES string of the molecule is C=CC(=O)Nc1cc(Nc2nc(-c3ccnc(N4CCn5c(cc6c5CC(C)(C)C6)C4=O)c3CO)cn(C)c2=O)ccc1N1CCN(C2CCN(c3ccc4c(c3)C(=O)N(C3CCC(C)(OP(=O)(O)O)CC3)C4=O)[C@H](C)C2)C[C@@H]1C. The fraction of sp³-hybridized carbons (Fsp3) is 0.466. The van der Waals surface area contributed by atoms with Gasteiger partial charge in [-0.15, -0.1) is 0 Å². The maximum atomic E-state index is 14.1. The van der Waals surface area contributed by atoms with Crippen molar-refractivity contribution in [2.24, 2.45) is 12.5 Å². The number of phosphoric acid groups is 1. The number of carbonyl (C=O) groups is 4. The Balaban J connectivity index is 0.754. The molecular weight excluding hydrogens is 1040 g/mol. The van der Waals surface area contributed by atoms with E-state index in [1.165, 1.54) is 26.8 Å². The van der Waals surface area contributed by atoms with Gasteiger partial charge in [-0.25, -0.2) is 14.5 Å². The van der Waals surface area contributed by atoms with Crippen LogP contribution in [-0.2, 0) is 46.9 Å². The molecule has 4 aliphatic heterocycles. The first-order valence-corrected chi connectivity index (χ1v) is 29.2. The molecule has 0 bridgehead atoms. The summed E-state index contributed by atoms with van der Waals surface area (Å²) >= 11 is 0. The molecule has 2 aliphatic carbocycles. The number of piperidine rings is 1. The minimum absolute atomic E-state index is 0.0132. The molecule has 7 heterocycles. The van der Waals surface area contributed by atoms with Crippen molar-refractivity contribution >= 4 is 65.8 Å². The Morgan fingerprint density at radius 2 is 1.62 bits per heavy atom. The van der Waals surface area contributed by atoms with Crippen LogP contribution in [0.5, 0.6) is 0 Å². The molecule has 4 amide bonds. The van der Waals surface area contributed by atoms with E-state index in [9.17, 15) is 43.4 Å². The molecule has 0 spiro atoms. The zero-order valence-corrected chi connectivity index (χ0v) is 47.0. The van der Waals surface area contributed by atoms with Gasteiger partial charge in [0.1, 0.15) is 11.5 Å². The minimum atomic E-state index is -4.70. The Bertz CT molecular complexity index is 3470. The maximum Gasteiger partial charge on any atom is 0.470 e. The third kappa shape index (κ3) is 10.3. The summed E-state index contributed by atoms with van der Waals surface area (Å²) in [4.78, 5) is 107. The van der Waals surface area contributed by atoms with Crippen molar-refractivity contribution in [1.29, 1.82) is 0 Å². The summed E-state index contributed by atoms with van der Waals surface area (Å²) in [5.74, 6) is -0.917. The summed E-state index contributed by atoms with van der Waals surface area (Å²) in [6.45, 7) is 17.7. The fourth-order valence-electron chi connectivity index (χ4n) is 13.5. The first-order valence-electron chi connectivity index (χ1n) is 27.6. The van der Waals surface area contributed by atoms with Crippen molar-refractivity contribution in [3.05, 3.63) is 118 Å². The number of piperazine rings is 1. The molecule has 3 atom stereocenters. The molecule has 422 valence electrons. The Morgan fingerprint density at radius 3 is 2.34 bits per heavy atom. The van der Waals surface area contributed by atoms with Gasteiger partial charge in [0.05, 0.1) is 40.4 Å². The van der Waals surface area contributed by atoms with Gasteiger partial charge >= 0.3 is 7.82 Å². The summed E-state index contributed by atoms with van der Waals surface area (Å²) in [5, 5.41) is 17.1. The summed E-state index contributed by atoms with van der Waals surface area (Å²) < 4.78 is 20.2. The van der Waals surface area contributed by atoms with Crippen LogP contribution in [0.2, 0.25) is 0 Å². The van der Waals surface area contributed by atoms with Crippen molar-refractivity contribution in [2.75, 3.05) is 58.1 Å². The monoisotopic (exact) mass is 1110 g/mol. The summed E-state index contributed by atoms with van der Waals surface area (Å²) in [7, 11) is -3.08. The van der Waals surface area contributed by atoms with Gasteiger partial charge in [0.2, 0.25) is 5.91 Å². The molecule has 0 radical (unpaired) electrons. The average Bonchev–Trinajstić information content (AvgIpc) is 4.02. The molecule has 3 fully saturated rings. The van der Waals surface area contributed by atoms with Crippen LogP contribution in [0.4, 0.5) is 34.4 Å². The molecule has 3 aromatic heterocycles. The van der Waals surface area contributed by atoms with Crippen molar-refractivity contribution in [2.45, 2.75) is 129 Å². The summed E-state index contributed by atoms with van der Waals surface area (Å²) in [5.41, 5.74) is 6.48. The van der Waals surface area contributed by atoms with Crippen LogP contribution >= 0.6 is 7.82 Å². The van der Waals surface area contributed by atoms with Gasteiger partial charge in [0.15, 0.2) is 5.82 Å². The highest BCUT2D eigenvalue weighted by atomic mass is 31.2. The number of aromatic nitrogens is 4. The Hall–Kier alpha value is -7.00. The smallest absolute Gasteiger partial charge is 0.392 e. The topological polar surface area (TPSA) is 248 Å². The number of hydrogen-bond acceptors (Lipinski definition) is 14. The lowest BCUT2D eigenvalue weighted by Gasteiger charge is -2.48. The number of nitrogens with zero attached hydrogens (tertiary/aromatic N) is 9. The number of rotatable bonds is 13. The van der Waals surface area contributed by atoms with Gasteiger partial charge in [0.25, 0.3) is 23.3 Å². The first kappa shape index (κ1) is 54.9. The van der Waals surface area contributed by atoms with Crippen molar-refractivity contribution < 1.29 is 43.2 Å². The van der Waals surface area contributed by atoms with Gasteiger partial charge in [-0.2, -0.15) is 0 Å². The summed E-state index contributed by atoms with van der Waals surface area (Å²) in [6.07, 6.45) is 9.34. The van der Waals surface area contributed by atoms with E-state index >= 15 is 0 Å². The van der Waals surface area contributed by atoms with E-state index in [-0.39, 0.29) is 41.0 Å². The largest absolute Gasteiger partial charge is 0.470 e. The number of anilines is 6. The van der Waals surface area contributed by atoms with Crippen LogP contribution in [0.3, 0.4) is 0 Å². The third-order valence-electron chi connectivity index (χ3n) is 17.4. The van der Waals surface area contributed by atoms with Crippen molar-refractivity contribution in [1.82, 2.24) is 28.9 Å². The molecule has 1 saturated carbocycles. The number of aliphatic hydroxyl groups is 1. The molecule has 11 rings (SSSR count). The van der Waals surface area contributed by atoms with E-state index in [1.54, 1.807) is 49.5 Å². The number of carbonyl (C=O) groups excluding carboxylic acids is 4. The number of imide groups is 1. The van der Waals surface area contributed by atoms with Crippen molar-refractivity contribution in [3.8, 4) is 11.3 Å². The predicted octanol–water partition coefficient (Wildman–Crippen LogP) is 6.76. The highest BCUT2D eigenvalue weighted by Crippen LogP contribution is 2.48. The maximum absolute atomic E-state index is 14.1. The number of aliphatic hydroxyl groups excluding tert-OH is 1. The van der Waals surface area contributed by atoms with Gasteiger partial charge in [-0.1, -0.05) is 20.4 Å². The first-order chi connectivity index (χ1) is 38.0.